The number of hydrogen-bond donors (Lipinski definition) is 1. The first-order valence-electron chi connectivity index (χ1n) is 4.93. The highest BCUT2D eigenvalue weighted by atomic mass is 35.5. The highest BCUT2D eigenvalue weighted by Crippen LogP contribution is 2.16. The highest BCUT2D eigenvalue weighted by Gasteiger charge is 2.12. The molecule has 0 fully saturated rings. The minimum atomic E-state index is 0.725. The standard InChI is InChI=1S/C10H9ClN4S/c11-7-1-3-8(4-2-7)13-10-15-6-5-12-9(15)14-16-10/h1-4H,5-6H2,(H,12,14). The van der Waals surface area contributed by atoms with E-state index < -0.39 is 0 Å². The van der Waals surface area contributed by atoms with Gasteiger partial charge in [-0.1, -0.05) is 11.6 Å². The van der Waals surface area contributed by atoms with E-state index in [1.54, 1.807) is 0 Å². The zero-order chi connectivity index (χ0) is 11.0. The summed E-state index contributed by atoms with van der Waals surface area (Å²) in [6.45, 7) is 1.86. The molecular weight excluding hydrogens is 244 g/mol. The van der Waals surface area contributed by atoms with E-state index in [-0.39, 0.29) is 0 Å². The fraction of sp³-hybridized carbons (Fsp3) is 0.200. The van der Waals surface area contributed by atoms with Gasteiger partial charge in [0.15, 0.2) is 0 Å². The molecule has 82 valence electrons. The summed E-state index contributed by atoms with van der Waals surface area (Å²) in [6, 6.07) is 7.48. The Morgan fingerprint density at radius 2 is 2.19 bits per heavy atom. The molecule has 0 spiro atoms. The van der Waals surface area contributed by atoms with Crippen LogP contribution in [0.15, 0.2) is 29.3 Å². The molecule has 2 aromatic rings. The molecule has 1 N–H and O–H groups in total. The van der Waals surface area contributed by atoms with Crippen molar-refractivity contribution in [2.45, 2.75) is 6.54 Å². The summed E-state index contributed by atoms with van der Waals surface area (Å²) < 4.78 is 6.37. The lowest BCUT2D eigenvalue weighted by Crippen LogP contribution is -2.11. The van der Waals surface area contributed by atoms with Gasteiger partial charge in [0, 0.05) is 29.6 Å². The largest absolute Gasteiger partial charge is 0.353 e. The summed E-state index contributed by atoms with van der Waals surface area (Å²) >= 11 is 7.22. The predicted molar refractivity (Wildman–Crippen MR) is 65.3 cm³/mol. The third kappa shape index (κ3) is 1.72. The number of hydrogen-bond acceptors (Lipinski definition) is 4. The lowest BCUT2D eigenvalue weighted by atomic mass is 10.3. The molecule has 1 aliphatic heterocycles. The Labute approximate surface area is 101 Å². The average Bonchev–Trinajstić information content (AvgIpc) is 2.86. The maximum absolute atomic E-state index is 5.82. The maximum atomic E-state index is 5.82. The Balaban J connectivity index is 2.05. The quantitative estimate of drug-likeness (QED) is 0.846. The minimum absolute atomic E-state index is 0.725. The molecule has 0 saturated heterocycles. The second kappa shape index (κ2) is 3.92. The molecule has 0 unspecified atom stereocenters. The summed E-state index contributed by atoms with van der Waals surface area (Å²) in [5.74, 6) is 0.915. The van der Waals surface area contributed by atoms with Crippen molar-refractivity contribution in [2.75, 3.05) is 11.9 Å². The van der Waals surface area contributed by atoms with Gasteiger partial charge in [0.2, 0.25) is 10.7 Å². The third-order valence-corrected chi connectivity index (χ3v) is 3.36. The molecule has 16 heavy (non-hydrogen) atoms. The topological polar surface area (TPSA) is 42.2 Å². The zero-order valence-corrected chi connectivity index (χ0v) is 9.92. The Bertz CT molecular complexity index is 569. The second-order valence-corrected chi connectivity index (χ2v) is 4.62. The molecule has 1 aliphatic rings. The molecule has 4 nitrogen and oxygen atoms in total. The van der Waals surface area contributed by atoms with E-state index in [2.05, 4.69) is 19.2 Å². The van der Waals surface area contributed by atoms with E-state index in [4.69, 9.17) is 11.6 Å². The second-order valence-electron chi connectivity index (χ2n) is 3.46. The van der Waals surface area contributed by atoms with Crippen molar-refractivity contribution in [3.8, 4) is 0 Å². The van der Waals surface area contributed by atoms with Gasteiger partial charge in [-0.3, -0.25) is 4.57 Å². The van der Waals surface area contributed by atoms with Crippen molar-refractivity contribution < 1.29 is 0 Å². The number of nitrogens with one attached hydrogen (secondary N) is 1. The van der Waals surface area contributed by atoms with Crippen molar-refractivity contribution in [3.05, 3.63) is 34.1 Å². The van der Waals surface area contributed by atoms with Crippen LogP contribution in [0.3, 0.4) is 0 Å². The van der Waals surface area contributed by atoms with Crippen LogP contribution in [0.5, 0.6) is 0 Å². The van der Waals surface area contributed by atoms with Crippen molar-refractivity contribution >= 4 is 34.8 Å². The van der Waals surface area contributed by atoms with E-state index >= 15 is 0 Å². The molecule has 6 heteroatoms. The number of nitrogens with zero attached hydrogens (tertiary/aromatic N) is 3. The van der Waals surface area contributed by atoms with E-state index in [0.29, 0.717) is 0 Å². The normalized spacial score (nSPS) is 14.9. The molecule has 0 saturated carbocycles. The van der Waals surface area contributed by atoms with Crippen LogP contribution in [0.25, 0.3) is 0 Å². The number of anilines is 1. The highest BCUT2D eigenvalue weighted by molar-refractivity contribution is 7.03. The Morgan fingerprint density at radius 3 is 3.00 bits per heavy atom. The predicted octanol–water partition coefficient (Wildman–Crippen LogP) is 2.26. The molecule has 0 aliphatic carbocycles. The molecule has 3 rings (SSSR count). The summed E-state index contributed by atoms with van der Waals surface area (Å²) in [5, 5.41) is 3.92. The van der Waals surface area contributed by atoms with E-state index in [0.717, 1.165) is 34.5 Å². The van der Waals surface area contributed by atoms with Crippen molar-refractivity contribution in [1.82, 2.24) is 8.94 Å². The summed E-state index contributed by atoms with van der Waals surface area (Å²) in [5.41, 5.74) is 0.898. The van der Waals surface area contributed by atoms with Crippen LogP contribution in [0.2, 0.25) is 5.02 Å². The lowest BCUT2D eigenvalue weighted by molar-refractivity contribution is 0.776. The summed E-state index contributed by atoms with van der Waals surface area (Å²) in [6.07, 6.45) is 0. The van der Waals surface area contributed by atoms with Crippen molar-refractivity contribution in [2.24, 2.45) is 4.99 Å². The van der Waals surface area contributed by atoms with Gasteiger partial charge in [-0.2, -0.15) is 4.37 Å². The van der Waals surface area contributed by atoms with Crippen molar-refractivity contribution in [3.63, 3.8) is 0 Å². The number of aromatic nitrogens is 2. The molecule has 1 aromatic carbocycles. The molecular formula is C10H9ClN4S. The molecule has 0 radical (unpaired) electrons. The first-order valence-corrected chi connectivity index (χ1v) is 6.09. The number of benzene rings is 1. The van der Waals surface area contributed by atoms with Gasteiger partial charge in [-0.05, 0) is 24.3 Å². The molecule has 0 atom stereocenters. The number of halogens is 1. The summed E-state index contributed by atoms with van der Waals surface area (Å²) in [7, 11) is 0. The zero-order valence-electron chi connectivity index (χ0n) is 8.35. The monoisotopic (exact) mass is 252 g/mol. The van der Waals surface area contributed by atoms with E-state index in [9.17, 15) is 0 Å². The van der Waals surface area contributed by atoms with Crippen LogP contribution in [0.4, 0.5) is 11.6 Å². The minimum Gasteiger partial charge on any atom is -0.353 e. The SMILES string of the molecule is Clc1ccc(N=c2snc3n2CCN3)cc1. The molecule has 2 heterocycles. The number of fused-ring (bicyclic) bond motifs is 1. The van der Waals surface area contributed by atoms with E-state index in [1.165, 1.54) is 11.5 Å². The fourth-order valence-electron chi connectivity index (χ4n) is 1.59. The Kier molecular flexibility index (Phi) is 2.41. The Hall–Kier alpha value is -1.33. The smallest absolute Gasteiger partial charge is 0.216 e. The first kappa shape index (κ1) is 9.86. The molecule has 0 amide bonds. The third-order valence-electron chi connectivity index (χ3n) is 2.37. The van der Waals surface area contributed by atoms with Crippen LogP contribution in [-0.4, -0.2) is 15.5 Å². The van der Waals surface area contributed by atoms with Gasteiger partial charge in [0.05, 0.1) is 5.69 Å². The lowest BCUT2D eigenvalue weighted by Gasteiger charge is -1.94. The maximum Gasteiger partial charge on any atom is 0.216 e. The van der Waals surface area contributed by atoms with Crippen molar-refractivity contribution in [1.29, 1.82) is 0 Å². The van der Waals surface area contributed by atoms with Gasteiger partial charge in [0.25, 0.3) is 0 Å². The van der Waals surface area contributed by atoms with Crippen LogP contribution < -0.4 is 10.1 Å². The van der Waals surface area contributed by atoms with Gasteiger partial charge >= 0.3 is 0 Å². The van der Waals surface area contributed by atoms with Crippen LogP contribution in [0, 0.1) is 0 Å². The molecule has 0 bridgehead atoms. The van der Waals surface area contributed by atoms with E-state index in [1.807, 2.05) is 24.3 Å². The van der Waals surface area contributed by atoms with Crippen LogP contribution in [0.1, 0.15) is 0 Å². The van der Waals surface area contributed by atoms with Crippen LogP contribution in [-0.2, 0) is 6.54 Å². The van der Waals surface area contributed by atoms with Crippen LogP contribution >= 0.6 is 23.1 Å². The Morgan fingerprint density at radius 1 is 1.38 bits per heavy atom. The molecule has 1 aromatic heterocycles. The summed E-state index contributed by atoms with van der Waals surface area (Å²) in [4.78, 5) is 5.45. The first-order chi connectivity index (χ1) is 7.83. The average molecular weight is 253 g/mol. The van der Waals surface area contributed by atoms with Gasteiger partial charge < -0.3 is 5.32 Å². The van der Waals surface area contributed by atoms with Gasteiger partial charge in [0.1, 0.15) is 0 Å². The number of rotatable bonds is 1. The van der Waals surface area contributed by atoms with Gasteiger partial charge in [-0.25, -0.2) is 4.99 Å². The fourth-order valence-corrected chi connectivity index (χ4v) is 2.47. The van der Waals surface area contributed by atoms with Gasteiger partial charge in [-0.15, -0.1) is 0 Å².